The van der Waals surface area contributed by atoms with Crippen molar-refractivity contribution in [3.05, 3.63) is 229 Å². The molecule has 320 valence electrons. The molecule has 0 aliphatic carbocycles. The first-order valence-corrected chi connectivity index (χ1v) is 23.2. The highest BCUT2D eigenvalue weighted by Gasteiger charge is 2.28. The molecular weight excluding hydrogens is 841 g/mol. The molecule has 0 spiro atoms. The normalized spacial score (nSPS) is 11.8. The van der Waals surface area contributed by atoms with Crippen molar-refractivity contribution in [2.24, 2.45) is 0 Å². The molecule has 0 saturated carbocycles. The van der Waals surface area contributed by atoms with Gasteiger partial charge in [0.1, 0.15) is 0 Å². The second-order valence-corrected chi connectivity index (χ2v) is 18.0. The molecule has 0 amide bonds. The summed E-state index contributed by atoms with van der Waals surface area (Å²) in [5, 5.41) is 30.8. The van der Waals surface area contributed by atoms with Crippen LogP contribution in [-0.4, -0.2) is 18.3 Å². The van der Waals surface area contributed by atoms with Crippen LogP contribution in [0.25, 0.3) is 121 Å². The molecule has 0 bridgehead atoms. The van der Waals surface area contributed by atoms with Crippen LogP contribution in [0.2, 0.25) is 0 Å². The largest absolute Gasteiger partial charge is 0.309 e. The maximum atomic E-state index is 11.3. The quantitative estimate of drug-likeness (QED) is 0.173. The Balaban J connectivity index is 1.22. The molecule has 0 aliphatic rings. The van der Waals surface area contributed by atoms with Gasteiger partial charge in [-0.2, -0.15) is 10.5 Å². The number of aryl methyl sites for hydroxylation is 1. The van der Waals surface area contributed by atoms with Crippen LogP contribution in [0.15, 0.2) is 212 Å². The van der Waals surface area contributed by atoms with E-state index in [0.717, 1.165) is 127 Å². The van der Waals surface area contributed by atoms with E-state index >= 15 is 0 Å². The summed E-state index contributed by atoms with van der Waals surface area (Å²) in [7, 11) is 0. The van der Waals surface area contributed by atoms with E-state index in [1.165, 1.54) is 0 Å². The first-order valence-electron chi connectivity index (χ1n) is 23.2. The highest BCUT2D eigenvalue weighted by molar-refractivity contribution is 6.28. The summed E-state index contributed by atoms with van der Waals surface area (Å²) < 4.78 is 9.51. The Kier molecular flexibility index (Phi) is 8.23. The van der Waals surface area contributed by atoms with Crippen LogP contribution in [0.3, 0.4) is 0 Å². The van der Waals surface area contributed by atoms with Crippen molar-refractivity contribution in [3.63, 3.8) is 0 Å². The predicted octanol–water partition coefficient (Wildman–Crippen LogP) is 15.8. The Labute approximate surface area is 396 Å². The van der Waals surface area contributed by atoms with Crippen molar-refractivity contribution in [1.82, 2.24) is 18.3 Å². The van der Waals surface area contributed by atoms with E-state index in [4.69, 9.17) is 0 Å². The standard InChI is InChI=1S/C63H38N6/c1-39-32-40(37-64)34-42(33-39)59-57(68-51-24-12-8-20-45(51)47-28-30-55-60(62(47)68)49-22-10-14-26-53(49)66(55)43-16-4-2-5-17-43)35-41(38-65)36-58(59)69-52-25-13-9-21-46(52)48-29-31-56-61(63(48)69)50-23-11-15-27-54(50)67(56)44-18-6-3-7-19-44/h2-36H,1H3. The van der Waals surface area contributed by atoms with Gasteiger partial charge in [-0.3, -0.25) is 0 Å². The molecule has 6 nitrogen and oxygen atoms in total. The number of nitrogens with zero attached hydrogens (tertiary/aromatic N) is 6. The van der Waals surface area contributed by atoms with Gasteiger partial charge in [-0.1, -0.05) is 127 Å². The fourth-order valence-electron chi connectivity index (χ4n) is 11.5. The second kappa shape index (κ2) is 14.7. The number of aromatic nitrogens is 4. The van der Waals surface area contributed by atoms with Crippen LogP contribution >= 0.6 is 0 Å². The molecule has 14 aromatic rings. The summed E-state index contributed by atoms with van der Waals surface area (Å²) in [5.74, 6) is 0. The summed E-state index contributed by atoms with van der Waals surface area (Å²) in [4.78, 5) is 0. The van der Waals surface area contributed by atoms with Crippen LogP contribution in [0, 0.1) is 29.6 Å². The smallest absolute Gasteiger partial charge is 0.0993 e. The minimum atomic E-state index is 0.520. The fourth-order valence-corrected chi connectivity index (χ4v) is 11.5. The number of nitriles is 2. The molecule has 10 aromatic carbocycles. The van der Waals surface area contributed by atoms with Crippen molar-refractivity contribution >= 4 is 87.2 Å². The zero-order chi connectivity index (χ0) is 45.9. The van der Waals surface area contributed by atoms with E-state index in [1.54, 1.807) is 0 Å². The monoisotopic (exact) mass is 878 g/mol. The third-order valence-corrected chi connectivity index (χ3v) is 14.2. The highest BCUT2D eigenvalue weighted by atomic mass is 15.0. The van der Waals surface area contributed by atoms with Gasteiger partial charge in [-0.25, -0.2) is 0 Å². The highest BCUT2D eigenvalue weighted by Crippen LogP contribution is 2.48. The number of hydrogen-bond acceptors (Lipinski definition) is 2. The number of benzene rings is 10. The Morgan fingerprint density at radius 1 is 0.333 bits per heavy atom. The van der Waals surface area contributed by atoms with Gasteiger partial charge in [-0.15, -0.1) is 0 Å². The molecule has 4 heterocycles. The first kappa shape index (κ1) is 38.6. The minimum absolute atomic E-state index is 0.520. The Morgan fingerprint density at radius 3 is 1.17 bits per heavy atom. The second-order valence-electron chi connectivity index (χ2n) is 18.0. The lowest BCUT2D eigenvalue weighted by molar-refractivity contribution is 1.14. The number of para-hydroxylation sites is 6. The van der Waals surface area contributed by atoms with Crippen LogP contribution in [-0.2, 0) is 0 Å². The van der Waals surface area contributed by atoms with Crippen molar-refractivity contribution in [1.29, 1.82) is 10.5 Å². The third-order valence-electron chi connectivity index (χ3n) is 14.2. The van der Waals surface area contributed by atoms with E-state index in [1.807, 2.05) is 12.1 Å². The topological polar surface area (TPSA) is 67.3 Å². The molecule has 69 heavy (non-hydrogen) atoms. The lowest BCUT2D eigenvalue weighted by atomic mass is 9.95. The van der Waals surface area contributed by atoms with Gasteiger partial charge in [0.25, 0.3) is 0 Å². The fraction of sp³-hybridized carbons (Fsp3) is 0.0159. The van der Waals surface area contributed by atoms with Crippen molar-refractivity contribution < 1.29 is 0 Å². The third kappa shape index (κ3) is 5.46. The van der Waals surface area contributed by atoms with Crippen LogP contribution in [0.1, 0.15) is 16.7 Å². The molecule has 4 aromatic heterocycles. The zero-order valence-electron chi connectivity index (χ0n) is 37.4. The molecule has 0 aliphatic heterocycles. The van der Waals surface area contributed by atoms with Crippen LogP contribution in [0.4, 0.5) is 0 Å². The van der Waals surface area contributed by atoms with E-state index in [-0.39, 0.29) is 0 Å². The Bertz CT molecular complexity index is 4310. The molecule has 0 saturated heterocycles. The molecule has 6 heteroatoms. The van der Waals surface area contributed by atoms with Crippen LogP contribution in [0.5, 0.6) is 0 Å². The van der Waals surface area contributed by atoms with Gasteiger partial charge >= 0.3 is 0 Å². The van der Waals surface area contributed by atoms with Crippen molar-refractivity contribution in [2.75, 3.05) is 0 Å². The van der Waals surface area contributed by atoms with Crippen molar-refractivity contribution in [2.45, 2.75) is 6.92 Å². The molecule has 0 N–H and O–H groups in total. The molecular formula is C63H38N6. The van der Waals surface area contributed by atoms with E-state index < -0.39 is 0 Å². The van der Waals surface area contributed by atoms with E-state index in [2.05, 4.69) is 238 Å². The summed E-state index contributed by atoms with van der Waals surface area (Å²) >= 11 is 0. The summed E-state index contributed by atoms with van der Waals surface area (Å²) in [6.07, 6.45) is 0. The number of hydrogen-bond donors (Lipinski definition) is 0. The van der Waals surface area contributed by atoms with E-state index in [9.17, 15) is 10.5 Å². The number of rotatable bonds is 5. The molecule has 0 radical (unpaired) electrons. The molecule has 0 fully saturated rings. The molecule has 0 atom stereocenters. The zero-order valence-corrected chi connectivity index (χ0v) is 37.4. The van der Waals surface area contributed by atoms with Gasteiger partial charge in [0.2, 0.25) is 0 Å². The Hall–Kier alpha value is -9.62. The average molecular weight is 879 g/mol. The van der Waals surface area contributed by atoms with Gasteiger partial charge in [0, 0.05) is 60.0 Å². The van der Waals surface area contributed by atoms with Crippen molar-refractivity contribution in [3.8, 4) is 46.0 Å². The molecule has 0 unspecified atom stereocenters. The summed E-state index contributed by atoms with van der Waals surface area (Å²) in [6.45, 7) is 2.05. The van der Waals surface area contributed by atoms with E-state index in [0.29, 0.717) is 11.1 Å². The minimum Gasteiger partial charge on any atom is -0.309 e. The lowest BCUT2D eigenvalue weighted by Crippen LogP contribution is -2.06. The van der Waals surface area contributed by atoms with Gasteiger partial charge < -0.3 is 18.3 Å². The first-order chi connectivity index (χ1) is 34.1. The lowest BCUT2D eigenvalue weighted by Gasteiger charge is -2.22. The summed E-state index contributed by atoms with van der Waals surface area (Å²) in [6, 6.07) is 80.1. The SMILES string of the molecule is Cc1cc(C#N)cc(-c2c(-n3c4ccccc4c4ccc5c(c6ccccc6n5-c5ccccc5)c43)cc(C#N)cc2-n2c3ccccc3c3ccc4c(c5ccccc5n4-c4ccccc4)c32)c1. The Morgan fingerprint density at radius 2 is 0.725 bits per heavy atom. The predicted molar refractivity (Wildman–Crippen MR) is 283 cm³/mol. The van der Waals surface area contributed by atoms with Gasteiger partial charge in [-0.05, 0) is 103 Å². The van der Waals surface area contributed by atoms with Gasteiger partial charge in [0.05, 0.1) is 78.8 Å². The number of fused-ring (bicyclic) bond motifs is 14. The average Bonchev–Trinajstić information content (AvgIpc) is 4.13. The van der Waals surface area contributed by atoms with Gasteiger partial charge in [0.15, 0.2) is 0 Å². The summed E-state index contributed by atoms with van der Waals surface area (Å²) in [5.41, 5.74) is 16.2. The van der Waals surface area contributed by atoms with Crippen LogP contribution < -0.4 is 0 Å². The maximum Gasteiger partial charge on any atom is 0.0993 e. The molecule has 14 rings (SSSR count). The maximum absolute atomic E-state index is 11.3.